The number of benzene rings is 1. The normalized spacial score (nSPS) is 18.4. The van der Waals surface area contributed by atoms with Crippen molar-refractivity contribution in [2.75, 3.05) is 5.75 Å². The van der Waals surface area contributed by atoms with E-state index in [4.69, 9.17) is 9.56 Å². The van der Waals surface area contributed by atoms with Gasteiger partial charge in [0, 0.05) is 10.9 Å². The quantitative estimate of drug-likeness (QED) is 0.901. The maximum absolute atomic E-state index is 11.2. The van der Waals surface area contributed by atoms with Gasteiger partial charge in [-0.25, -0.2) is 13.6 Å². The molecule has 1 unspecified atom stereocenters. The Labute approximate surface area is 128 Å². The number of fused-ring (bicyclic) bond motifs is 1. The molecule has 0 saturated heterocycles. The molecule has 3 N–H and O–H groups in total. The first-order valence-electron chi connectivity index (χ1n) is 6.60. The average molecular weight is 324 g/mol. The minimum atomic E-state index is -3.77. The van der Waals surface area contributed by atoms with Gasteiger partial charge in [0.1, 0.15) is 5.76 Å². The molecule has 0 amide bonds. The minimum absolute atomic E-state index is 0.195. The second kappa shape index (κ2) is 5.84. The van der Waals surface area contributed by atoms with E-state index in [-0.39, 0.29) is 11.1 Å². The van der Waals surface area contributed by atoms with Crippen molar-refractivity contribution in [2.24, 2.45) is 5.14 Å². The van der Waals surface area contributed by atoms with Gasteiger partial charge in [-0.05, 0) is 35.9 Å². The van der Waals surface area contributed by atoms with Crippen LogP contribution in [0.1, 0.15) is 23.8 Å². The predicted molar refractivity (Wildman–Crippen MR) is 81.4 cm³/mol. The van der Waals surface area contributed by atoms with Crippen LogP contribution in [-0.4, -0.2) is 14.2 Å². The summed E-state index contributed by atoms with van der Waals surface area (Å²) in [7, 11) is -3.77. The molecule has 1 aliphatic heterocycles. The monoisotopic (exact) mass is 324 g/mol. The summed E-state index contributed by atoms with van der Waals surface area (Å²) in [4.78, 5) is 1.30. The third-order valence-corrected chi connectivity index (χ3v) is 5.30. The summed E-state index contributed by atoms with van der Waals surface area (Å²) in [5.74, 6) is 1.63. The summed E-state index contributed by atoms with van der Waals surface area (Å²) in [5, 5.41) is 8.25. The van der Waals surface area contributed by atoms with E-state index < -0.39 is 10.0 Å². The fourth-order valence-corrected chi connectivity index (χ4v) is 3.99. The lowest BCUT2D eigenvalue weighted by molar-refractivity contribution is 0.386. The summed E-state index contributed by atoms with van der Waals surface area (Å²) in [5.41, 5.74) is 1.28. The van der Waals surface area contributed by atoms with Gasteiger partial charge >= 0.3 is 0 Å². The van der Waals surface area contributed by atoms with Crippen LogP contribution in [0.15, 0.2) is 50.8 Å². The van der Waals surface area contributed by atoms with Crippen LogP contribution in [0.5, 0.6) is 0 Å². The molecule has 5 nitrogen and oxygen atoms in total. The van der Waals surface area contributed by atoms with Crippen LogP contribution in [0.3, 0.4) is 0 Å². The van der Waals surface area contributed by atoms with Crippen LogP contribution < -0.4 is 10.5 Å². The Bertz CT molecular complexity index is 740. The van der Waals surface area contributed by atoms with E-state index in [0.717, 1.165) is 12.2 Å². The first kappa shape index (κ1) is 14.6. The maximum Gasteiger partial charge on any atom is 0.271 e. The molecule has 2 aromatic rings. The van der Waals surface area contributed by atoms with Crippen molar-refractivity contribution in [1.82, 2.24) is 5.32 Å². The van der Waals surface area contributed by atoms with E-state index in [1.54, 1.807) is 6.07 Å². The standard InChI is InChI=1S/C14H16N2O3S2/c15-21(17,18)14-6-5-10(19-14)9-16-12-7-8-20-13-4-2-1-3-11(12)13/h1-6,12,16H,7-9H2,(H2,15,17,18). The summed E-state index contributed by atoms with van der Waals surface area (Å²) in [6.45, 7) is 0.471. The fourth-order valence-electron chi connectivity index (χ4n) is 2.38. The number of hydrogen-bond acceptors (Lipinski definition) is 5. The zero-order chi connectivity index (χ0) is 14.9. The molecule has 1 atom stereocenters. The van der Waals surface area contributed by atoms with Gasteiger partial charge in [0.2, 0.25) is 5.09 Å². The maximum atomic E-state index is 11.2. The smallest absolute Gasteiger partial charge is 0.271 e. The van der Waals surface area contributed by atoms with Crippen LogP contribution in [0.4, 0.5) is 0 Å². The SMILES string of the molecule is NS(=O)(=O)c1ccc(CNC2CCSc3ccccc32)o1. The Hall–Kier alpha value is -1.28. The van der Waals surface area contributed by atoms with Gasteiger partial charge in [-0.1, -0.05) is 18.2 Å². The Morgan fingerprint density at radius 3 is 2.86 bits per heavy atom. The van der Waals surface area contributed by atoms with E-state index in [9.17, 15) is 8.42 Å². The molecule has 1 aromatic heterocycles. The molecule has 0 spiro atoms. The molecule has 3 rings (SSSR count). The lowest BCUT2D eigenvalue weighted by atomic mass is 10.0. The molecule has 21 heavy (non-hydrogen) atoms. The van der Waals surface area contributed by atoms with Crippen LogP contribution in [0.2, 0.25) is 0 Å². The van der Waals surface area contributed by atoms with Gasteiger partial charge < -0.3 is 9.73 Å². The van der Waals surface area contributed by atoms with Crippen LogP contribution in [0, 0.1) is 0 Å². The number of thioether (sulfide) groups is 1. The van der Waals surface area contributed by atoms with Crippen molar-refractivity contribution in [2.45, 2.75) is 29.0 Å². The van der Waals surface area contributed by atoms with Crippen LogP contribution in [-0.2, 0) is 16.6 Å². The van der Waals surface area contributed by atoms with Crippen molar-refractivity contribution in [3.63, 3.8) is 0 Å². The van der Waals surface area contributed by atoms with E-state index in [1.807, 2.05) is 23.9 Å². The van der Waals surface area contributed by atoms with E-state index >= 15 is 0 Å². The molecule has 7 heteroatoms. The lowest BCUT2D eigenvalue weighted by Crippen LogP contribution is -2.24. The highest BCUT2D eigenvalue weighted by Crippen LogP contribution is 2.35. The summed E-state index contributed by atoms with van der Waals surface area (Å²) in [6, 6.07) is 11.6. The summed E-state index contributed by atoms with van der Waals surface area (Å²) in [6.07, 6.45) is 1.03. The van der Waals surface area contributed by atoms with Crippen LogP contribution in [0.25, 0.3) is 0 Å². The van der Waals surface area contributed by atoms with Gasteiger partial charge in [-0.2, -0.15) is 0 Å². The summed E-state index contributed by atoms with van der Waals surface area (Å²) < 4.78 is 27.6. The Balaban J connectivity index is 1.70. The molecule has 0 saturated carbocycles. The van der Waals surface area contributed by atoms with E-state index in [0.29, 0.717) is 12.3 Å². The highest BCUT2D eigenvalue weighted by molar-refractivity contribution is 7.99. The van der Waals surface area contributed by atoms with Crippen LogP contribution >= 0.6 is 11.8 Å². The largest absolute Gasteiger partial charge is 0.447 e. The van der Waals surface area contributed by atoms with Crippen molar-refractivity contribution < 1.29 is 12.8 Å². The van der Waals surface area contributed by atoms with Crippen molar-refractivity contribution in [1.29, 1.82) is 0 Å². The van der Waals surface area contributed by atoms with E-state index in [2.05, 4.69) is 17.4 Å². The number of furan rings is 1. The van der Waals surface area contributed by atoms with Gasteiger partial charge in [-0.3, -0.25) is 0 Å². The number of primary sulfonamides is 1. The highest BCUT2D eigenvalue weighted by atomic mass is 32.2. The molecule has 1 aromatic carbocycles. The minimum Gasteiger partial charge on any atom is -0.447 e. The van der Waals surface area contributed by atoms with Gasteiger partial charge in [0.05, 0.1) is 6.54 Å². The first-order valence-corrected chi connectivity index (χ1v) is 9.14. The fraction of sp³-hybridized carbons (Fsp3) is 0.286. The molecule has 0 bridgehead atoms. The number of sulfonamides is 1. The third-order valence-electron chi connectivity index (χ3n) is 3.40. The topological polar surface area (TPSA) is 85.3 Å². The van der Waals surface area contributed by atoms with E-state index in [1.165, 1.54) is 16.5 Å². The molecule has 1 aliphatic rings. The molecule has 2 heterocycles. The molecule has 0 radical (unpaired) electrons. The second-order valence-electron chi connectivity index (χ2n) is 4.87. The highest BCUT2D eigenvalue weighted by Gasteiger charge is 2.20. The zero-order valence-corrected chi connectivity index (χ0v) is 12.9. The van der Waals surface area contributed by atoms with Gasteiger partial charge in [0.15, 0.2) is 0 Å². The summed E-state index contributed by atoms with van der Waals surface area (Å²) >= 11 is 1.86. The lowest BCUT2D eigenvalue weighted by Gasteiger charge is -2.25. The molecular formula is C14H16N2O3S2. The molecule has 112 valence electrons. The molecule has 0 fully saturated rings. The predicted octanol–water partition coefficient (Wildman–Crippen LogP) is 2.25. The van der Waals surface area contributed by atoms with Crippen molar-refractivity contribution in [3.8, 4) is 0 Å². The second-order valence-corrected chi connectivity index (χ2v) is 7.50. The molecular weight excluding hydrogens is 308 g/mol. The van der Waals surface area contributed by atoms with Gasteiger partial charge in [0.25, 0.3) is 10.0 Å². The third kappa shape index (κ3) is 3.32. The number of nitrogens with one attached hydrogen (secondary N) is 1. The number of rotatable bonds is 4. The van der Waals surface area contributed by atoms with Gasteiger partial charge in [-0.15, -0.1) is 11.8 Å². The Morgan fingerprint density at radius 1 is 1.29 bits per heavy atom. The Kier molecular flexibility index (Phi) is 4.08. The average Bonchev–Trinajstić information content (AvgIpc) is 2.94. The Morgan fingerprint density at radius 2 is 2.10 bits per heavy atom. The first-order chi connectivity index (χ1) is 10.0. The van der Waals surface area contributed by atoms with Crippen molar-refractivity contribution in [3.05, 3.63) is 47.7 Å². The number of nitrogens with two attached hydrogens (primary N) is 1. The molecule has 0 aliphatic carbocycles. The zero-order valence-electron chi connectivity index (χ0n) is 11.3. The number of hydrogen-bond donors (Lipinski definition) is 2. The van der Waals surface area contributed by atoms with Crippen molar-refractivity contribution >= 4 is 21.8 Å².